The van der Waals surface area contributed by atoms with Crippen molar-refractivity contribution >= 4 is 11.3 Å². The van der Waals surface area contributed by atoms with Crippen LogP contribution in [0.15, 0.2) is 6.07 Å². The van der Waals surface area contributed by atoms with E-state index in [1.54, 1.807) is 0 Å². The molecular weight excluding hydrogens is 222 g/mol. The number of nitrogens with two attached hydrogens (primary N) is 1. The Morgan fingerprint density at radius 3 is 2.69 bits per heavy atom. The fourth-order valence-electron chi connectivity index (χ4n) is 1.41. The molecule has 84 valence electrons. The summed E-state index contributed by atoms with van der Waals surface area (Å²) >= 11 is 1.51. The predicted octanol–water partition coefficient (Wildman–Crippen LogP) is 1.32. The van der Waals surface area contributed by atoms with Crippen LogP contribution in [0.3, 0.4) is 0 Å². The molecule has 0 spiro atoms. The van der Waals surface area contributed by atoms with Gasteiger partial charge in [-0.15, -0.1) is 10.2 Å². The monoisotopic (exact) mass is 235 g/mol. The second kappa shape index (κ2) is 4.63. The molecule has 2 N–H and O–H groups in total. The molecule has 0 aliphatic rings. The zero-order valence-corrected chi connectivity index (χ0v) is 10.1. The van der Waals surface area contributed by atoms with Crippen LogP contribution in [-0.4, -0.2) is 20.4 Å². The van der Waals surface area contributed by atoms with Crippen molar-refractivity contribution in [2.75, 3.05) is 0 Å². The van der Waals surface area contributed by atoms with Gasteiger partial charge in [0, 0.05) is 12.1 Å². The normalized spacial score (nSPS) is 10.7. The van der Waals surface area contributed by atoms with Crippen LogP contribution in [-0.2, 0) is 13.0 Å². The third kappa shape index (κ3) is 2.07. The molecule has 2 aromatic heterocycles. The van der Waals surface area contributed by atoms with Crippen LogP contribution < -0.4 is 5.73 Å². The Morgan fingerprint density at radius 2 is 2.06 bits per heavy atom. The summed E-state index contributed by atoms with van der Waals surface area (Å²) in [6.07, 6.45) is 0.833. The highest BCUT2D eigenvalue weighted by Crippen LogP contribution is 2.26. The molecule has 0 atom stereocenters. The van der Waals surface area contributed by atoms with Gasteiger partial charge in [0.2, 0.25) is 0 Å². The van der Waals surface area contributed by atoms with Crippen LogP contribution in [0.5, 0.6) is 0 Å². The van der Waals surface area contributed by atoms with Gasteiger partial charge in [-0.2, -0.15) is 10.2 Å². The molecule has 0 aliphatic carbocycles. The average molecular weight is 235 g/mol. The maximum atomic E-state index is 5.52. The minimum absolute atomic E-state index is 0.427. The summed E-state index contributed by atoms with van der Waals surface area (Å²) in [4.78, 5) is 0. The molecule has 2 rings (SSSR count). The lowest BCUT2D eigenvalue weighted by atomic mass is 10.1. The molecule has 0 saturated heterocycles. The summed E-state index contributed by atoms with van der Waals surface area (Å²) in [7, 11) is 0. The quantitative estimate of drug-likeness (QED) is 0.868. The number of aromatic nitrogens is 4. The second-order valence-electron chi connectivity index (χ2n) is 3.40. The first-order chi connectivity index (χ1) is 7.74. The molecule has 2 heterocycles. The molecule has 0 saturated carbocycles. The van der Waals surface area contributed by atoms with E-state index < -0.39 is 0 Å². The van der Waals surface area contributed by atoms with E-state index in [9.17, 15) is 0 Å². The summed E-state index contributed by atoms with van der Waals surface area (Å²) in [5.41, 5.74) is 8.38. The highest BCUT2D eigenvalue weighted by Gasteiger charge is 2.11. The first kappa shape index (κ1) is 11.1. The van der Waals surface area contributed by atoms with Gasteiger partial charge in [-0.05, 0) is 19.4 Å². The molecule has 0 bridgehead atoms. The van der Waals surface area contributed by atoms with Gasteiger partial charge in [-0.25, -0.2) is 0 Å². The minimum Gasteiger partial charge on any atom is -0.324 e. The third-order valence-corrected chi connectivity index (χ3v) is 3.18. The second-order valence-corrected chi connectivity index (χ2v) is 4.47. The van der Waals surface area contributed by atoms with Crippen molar-refractivity contribution in [1.82, 2.24) is 20.4 Å². The smallest absolute Gasteiger partial charge is 0.149 e. The van der Waals surface area contributed by atoms with E-state index in [2.05, 4.69) is 20.4 Å². The van der Waals surface area contributed by atoms with E-state index in [4.69, 9.17) is 5.73 Å². The summed E-state index contributed by atoms with van der Waals surface area (Å²) in [5, 5.41) is 18.1. The molecule has 0 aromatic carbocycles. The van der Waals surface area contributed by atoms with Crippen LogP contribution in [0.2, 0.25) is 0 Å². The van der Waals surface area contributed by atoms with Gasteiger partial charge >= 0.3 is 0 Å². The zero-order valence-electron chi connectivity index (χ0n) is 9.27. The van der Waals surface area contributed by atoms with E-state index >= 15 is 0 Å². The van der Waals surface area contributed by atoms with Crippen LogP contribution in [0.4, 0.5) is 0 Å². The number of nitrogens with zero attached hydrogens (tertiary/aromatic N) is 4. The molecule has 0 aliphatic heterocycles. The highest BCUT2D eigenvalue weighted by molar-refractivity contribution is 7.14. The van der Waals surface area contributed by atoms with Crippen LogP contribution in [0, 0.1) is 6.92 Å². The van der Waals surface area contributed by atoms with Gasteiger partial charge in [0.25, 0.3) is 0 Å². The van der Waals surface area contributed by atoms with Gasteiger partial charge in [0.1, 0.15) is 10.0 Å². The number of rotatable bonds is 3. The van der Waals surface area contributed by atoms with Crippen molar-refractivity contribution in [3.05, 3.63) is 22.5 Å². The molecule has 0 fully saturated rings. The topological polar surface area (TPSA) is 77.6 Å². The minimum atomic E-state index is 0.427. The van der Waals surface area contributed by atoms with E-state index in [1.165, 1.54) is 11.3 Å². The van der Waals surface area contributed by atoms with Gasteiger partial charge in [-0.1, -0.05) is 18.3 Å². The Morgan fingerprint density at radius 1 is 1.25 bits per heavy atom. The molecule has 16 heavy (non-hydrogen) atoms. The Hall–Kier alpha value is -1.40. The molecule has 0 radical (unpaired) electrons. The first-order valence-electron chi connectivity index (χ1n) is 5.10. The van der Waals surface area contributed by atoms with Crippen molar-refractivity contribution in [3.63, 3.8) is 0 Å². The lowest BCUT2D eigenvalue weighted by molar-refractivity contribution is 0.892. The van der Waals surface area contributed by atoms with Crippen LogP contribution in [0.25, 0.3) is 10.6 Å². The summed E-state index contributed by atoms with van der Waals surface area (Å²) in [6.45, 7) is 4.39. The van der Waals surface area contributed by atoms with Crippen molar-refractivity contribution in [2.24, 2.45) is 5.73 Å². The summed E-state index contributed by atoms with van der Waals surface area (Å²) < 4.78 is 0. The van der Waals surface area contributed by atoms with Crippen molar-refractivity contribution < 1.29 is 0 Å². The van der Waals surface area contributed by atoms with Crippen LogP contribution in [0.1, 0.15) is 23.3 Å². The lowest BCUT2D eigenvalue weighted by Gasteiger charge is -2.02. The molecule has 0 unspecified atom stereocenters. The predicted molar refractivity (Wildman–Crippen MR) is 62.9 cm³/mol. The summed E-state index contributed by atoms with van der Waals surface area (Å²) in [6, 6.07) is 1.99. The molecule has 0 amide bonds. The molecular formula is C10H13N5S. The maximum absolute atomic E-state index is 5.52. The number of aryl methyl sites for hydroxylation is 2. The lowest BCUT2D eigenvalue weighted by Crippen LogP contribution is -1.97. The standard InChI is InChI=1S/C10H13N5S/c1-3-8-7(4-6(2)12-13-8)10-15-14-9(5-11)16-10/h4H,3,5,11H2,1-2H3. The van der Waals surface area contributed by atoms with Gasteiger partial charge < -0.3 is 5.73 Å². The van der Waals surface area contributed by atoms with Crippen molar-refractivity contribution in [3.8, 4) is 10.6 Å². The molecule has 5 nitrogen and oxygen atoms in total. The van der Waals surface area contributed by atoms with Crippen molar-refractivity contribution in [1.29, 1.82) is 0 Å². The van der Waals surface area contributed by atoms with E-state index in [0.717, 1.165) is 33.4 Å². The Labute approximate surface area is 97.7 Å². The number of hydrogen-bond donors (Lipinski definition) is 1. The highest BCUT2D eigenvalue weighted by atomic mass is 32.1. The summed E-state index contributed by atoms with van der Waals surface area (Å²) in [5.74, 6) is 0. The molecule has 6 heteroatoms. The Bertz CT molecular complexity index is 494. The SMILES string of the molecule is CCc1nnc(C)cc1-c1nnc(CN)s1. The third-order valence-electron chi connectivity index (χ3n) is 2.20. The van der Waals surface area contributed by atoms with E-state index in [0.29, 0.717) is 6.54 Å². The average Bonchev–Trinajstić information content (AvgIpc) is 2.77. The molecule has 2 aromatic rings. The zero-order chi connectivity index (χ0) is 11.5. The number of hydrogen-bond acceptors (Lipinski definition) is 6. The van der Waals surface area contributed by atoms with E-state index in [1.807, 2.05) is 19.9 Å². The fourth-order valence-corrected chi connectivity index (χ4v) is 2.16. The van der Waals surface area contributed by atoms with Crippen molar-refractivity contribution in [2.45, 2.75) is 26.8 Å². The Kier molecular flexibility index (Phi) is 3.21. The Balaban J connectivity index is 2.49. The van der Waals surface area contributed by atoms with Gasteiger partial charge in [0.05, 0.1) is 11.4 Å². The largest absolute Gasteiger partial charge is 0.324 e. The maximum Gasteiger partial charge on any atom is 0.149 e. The van der Waals surface area contributed by atoms with Crippen LogP contribution >= 0.6 is 11.3 Å². The van der Waals surface area contributed by atoms with Gasteiger partial charge in [0.15, 0.2) is 0 Å². The fraction of sp³-hybridized carbons (Fsp3) is 0.400. The van der Waals surface area contributed by atoms with Gasteiger partial charge in [-0.3, -0.25) is 0 Å². The first-order valence-corrected chi connectivity index (χ1v) is 5.92. The van der Waals surface area contributed by atoms with E-state index in [-0.39, 0.29) is 0 Å².